The van der Waals surface area contributed by atoms with Crippen molar-refractivity contribution in [3.8, 4) is 0 Å². The maximum absolute atomic E-state index is 12.0. The number of aromatic nitrogens is 2. The van der Waals surface area contributed by atoms with Crippen LogP contribution in [0, 0.1) is 0 Å². The summed E-state index contributed by atoms with van der Waals surface area (Å²) in [6.45, 7) is 0. The average Bonchev–Trinajstić information content (AvgIpc) is 2.53. The van der Waals surface area contributed by atoms with Gasteiger partial charge in [-0.15, -0.1) is 0 Å². The van der Waals surface area contributed by atoms with Gasteiger partial charge in [-0.3, -0.25) is 9.78 Å². The first-order chi connectivity index (χ1) is 10.2. The van der Waals surface area contributed by atoms with Crippen LogP contribution in [-0.4, -0.2) is 15.8 Å². The highest BCUT2D eigenvalue weighted by Crippen LogP contribution is 2.11. The number of hydrogen-bond donors (Lipinski definition) is 1. The molecule has 0 amide bonds. The van der Waals surface area contributed by atoms with E-state index in [2.05, 4.69) is 9.97 Å². The van der Waals surface area contributed by atoms with Gasteiger partial charge in [0.25, 0.3) is 0 Å². The van der Waals surface area contributed by atoms with Crippen LogP contribution in [0.4, 0.5) is 5.69 Å². The minimum Gasteiger partial charge on any atom is -0.399 e. The van der Waals surface area contributed by atoms with Crippen LogP contribution < -0.4 is 5.73 Å². The van der Waals surface area contributed by atoms with Crippen molar-refractivity contribution in [1.29, 1.82) is 0 Å². The fourth-order valence-electron chi connectivity index (χ4n) is 1.96. The molecule has 0 unspecified atom stereocenters. The van der Waals surface area contributed by atoms with Gasteiger partial charge in [0.05, 0.1) is 22.9 Å². The molecule has 4 heteroatoms. The summed E-state index contributed by atoms with van der Waals surface area (Å²) >= 11 is 0. The number of nitrogens with two attached hydrogens (primary N) is 1. The van der Waals surface area contributed by atoms with Gasteiger partial charge in [0, 0.05) is 11.3 Å². The lowest BCUT2D eigenvalue weighted by atomic mass is 10.1. The van der Waals surface area contributed by atoms with Crippen molar-refractivity contribution in [2.75, 3.05) is 5.73 Å². The van der Waals surface area contributed by atoms with Crippen molar-refractivity contribution >= 4 is 28.6 Å². The summed E-state index contributed by atoms with van der Waals surface area (Å²) in [4.78, 5) is 20.8. The zero-order valence-corrected chi connectivity index (χ0v) is 11.2. The van der Waals surface area contributed by atoms with Gasteiger partial charge in [-0.1, -0.05) is 12.1 Å². The zero-order chi connectivity index (χ0) is 14.7. The molecule has 21 heavy (non-hydrogen) atoms. The summed E-state index contributed by atoms with van der Waals surface area (Å²) in [5.41, 5.74) is 9.11. The van der Waals surface area contributed by atoms with Crippen LogP contribution in [-0.2, 0) is 0 Å². The van der Waals surface area contributed by atoms with Crippen LogP contribution >= 0.6 is 0 Å². The topological polar surface area (TPSA) is 68.9 Å². The maximum atomic E-state index is 12.0. The standard InChI is InChI=1S/C17H13N3O/c18-13-7-5-12(6-8-13)17(21)10-9-14-11-19-15-3-1-2-4-16(15)20-14/h1-11H,18H2. The van der Waals surface area contributed by atoms with Gasteiger partial charge in [-0.05, 0) is 48.6 Å². The highest BCUT2D eigenvalue weighted by Gasteiger charge is 2.01. The number of benzene rings is 2. The SMILES string of the molecule is Nc1ccc(C(=O)C=Cc2cnc3ccccc3n2)cc1. The molecule has 0 spiro atoms. The number of carbonyl (C=O) groups is 1. The van der Waals surface area contributed by atoms with Crippen LogP contribution in [0.25, 0.3) is 17.1 Å². The Bertz CT molecular complexity index is 823. The predicted octanol–water partition coefficient (Wildman–Crippen LogP) is 3.11. The normalized spacial score (nSPS) is 11.0. The first-order valence-electron chi connectivity index (χ1n) is 6.52. The molecule has 0 atom stereocenters. The fraction of sp³-hybridized carbons (Fsp3) is 0. The molecule has 0 aliphatic carbocycles. The number of hydrogen-bond acceptors (Lipinski definition) is 4. The van der Waals surface area contributed by atoms with Crippen molar-refractivity contribution in [3.05, 3.63) is 72.1 Å². The van der Waals surface area contributed by atoms with Crippen molar-refractivity contribution in [3.63, 3.8) is 0 Å². The van der Waals surface area contributed by atoms with Gasteiger partial charge in [0.1, 0.15) is 0 Å². The van der Waals surface area contributed by atoms with Crippen molar-refractivity contribution in [1.82, 2.24) is 9.97 Å². The van der Waals surface area contributed by atoms with E-state index in [1.165, 1.54) is 6.08 Å². The highest BCUT2D eigenvalue weighted by atomic mass is 16.1. The monoisotopic (exact) mass is 275 g/mol. The Kier molecular flexibility index (Phi) is 3.43. The molecule has 2 aromatic carbocycles. The van der Waals surface area contributed by atoms with Gasteiger partial charge in [-0.2, -0.15) is 0 Å². The second-order valence-electron chi connectivity index (χ2n) is 4.60. The van der Waals surface area contributed by atoms with E-state index in [4.69, 9.17) is 5.73 Å². The van der Waals surface area contributed by atoms with Gasteiger partial charge in [-0.25, -0.2) is 4.98 Å². The zero-order valence-electron chi connectivity index (χ0n) is 11.2. The van der Waals surface area contributed by atoms with Crippen LogP contribution in [0.2, 0.25) is 0 Å². The first-order valence-corrected chi connectivity index (χ1v) is 6.52. The molecule has 1 heterocycles. The second kappa shape index (κ2) is 5.54. The van der Waals surface area contributed by atoms with Gasteiger partial charge in [0.2, 0.25) is 0 Å². The Morgan fingerprint density at radius 2 is 1.71 bits per heavy atom. The van der Waals surface area contributed by atoms with Crippen molar-refractivity contribution < 1.29 is 4.79 Å². The fourth-order valence-corrected chi connectivity index (χ4v) is 1.96. The maximum Gasteiger partial charge on any atom is 0.185 e. The number of ketones is 1. The highest BCUT2D eigenvalue weighted by molar-refractivity contribution is 6.06. The van der Waals surface area contributed by atoms with Crippen LogP contribution in [0.3, 0.4) is 0 Å². The van der Waals surface area contributed by atoms with Crippen LogP contribution in [0.15, 0.2) is 60.8 Å². The molecule has 0 saturated heterocycles. The lowest BCUT2D eigenvalue weighted by Gasteiger charge is -1.98. The molecule has 3 rings (SSSR count). The average molecular weight is 275 g/mol. The summed E-state index contributed by atoms with van der Waals surface area (Å²) < 4.78 is 0. The molecule has 1 aromatic heterocycles. The van der Waals surface area contributed by atoms with E-state index in [0.717, 1.165) is 11.0 Å². The third-order valence-electron chi connectivity index (χ3n) is 3.07. The molecule has 102 valence electrons. The van der Waals surface area contributed by atoms with E-state index in [0.29, 0.717) is 16.9 Å². The quantitative estimate of drug-likeness (QED) is 0.453. The van der Waals surface area contributed by atoms with Crippen LogP contribution in [0.5, 0.6) is 0 Å². The minimum absolute atomic E-state index is 0.0926. The number of fused-ring (bicyclic) bond motifs is 1. The smallest absolute Gasteiger partial charge is 0.185 e. The third kappa shape index (κ3) is 2.95. The Morgan fingerprint density at radius 3 is 2.48 bits per heavy atom. The third-order valence-corrected chi connectivity index (χ3v) is 3.07. The summed E-state index contributed by atoms with van der Waals surface area (Å²) in [6.07, 6.45) is 4.80. The lowest BCUT2D eigenvalue weighted by molar-refractivity contribution is 0.104. The van der Waals surface area contributed by atoms with Gasteiger partial charge < -0.3 is 5.73 Å². The van der Waals surface area contributed by atoms with E-state index in [1.54, 1.807) is 36.5 Å². The van der Waals surface area contributed by atoms with E-state index >= 15 is 0 Å². The Balaban J connectivity index is 1.83. The lowest BCUT2D eigenvalue weighted by Crippen LogP contribution is -1.95. The second-order valence-corrected chi connectivity index (χ2v) is 4.60. The molecular weight excluding hydrogens is 262 g/mol. The molecule has 0 saturated carbocycles. The summed E-state index contributed by atoms with van der Waals surface area (Å²) in [5.74, 6) is -0.0926. The number of para-hydroxylation sites is 2. The van der Waals surface area contributed by atoms with E-state index in [9.17, 15) is 4.79 Å². The summed E-state index contributed by atoms with van der Waals surface area (Å²) in [6, 6.07) is 14.4. The van der Waals surface area contributed by atoms with E-state index < -0.39 is 0 Å². The largest absolute Gasteiger partial charge is 0.399 e. The first kappa shape index (κ1) is 13.0. The number of carbonyl (C=O) groups excluding carboxylic acids is 1. The number of rotatable bonds is 3. The molecular formula is C17H13N3O. The summed E-state index contributed by atoms with van der Waals surface area (Å²) in [5, 5.41) is 0. The van der Waals surface area contributed by atoms with E-state index in [-0.39, 0.29) is 5.78 Å². The molecule has 0 radical (unpaired) electrons. The summed E-state index contributed by atoms with van der Waals surface area (Å²) in [7, 11) is 0. The molecule has 0 aliphatic heterocycles. The number of nitrogens with zero attached hydrogens (tertiary/aromatic N) is 2. The van der Waals surface area contributed by atoms with Gasteiger partial charge in [0.15, 0.2) is 5.78 Å². The van der Waals surface area contributed by atoms with Crippen LogP contribution in [0.1, 0.15) is 16.1 Å². The Morgan fingerprint density at radius 1 is 1.00 bits per heavy atom. The Hall–Kier alpha value is -3.01. The number of nitrogen functional groups attached to an aromatic ring is 1. The predicted molar refractivity (Wildman–Crippen MR) is 83.8 cm³/mol. The molecule has 4 nitrogen and oxygen atoms in total. The van der Waals surface area contributed by atoms with E-state index in [1.807, 2.05) is 24.3 Å². The number of allylic oxidation sites excluding steroid dienone is 1. The van der Waals surface area contributed by atoms with Crippen molar-refractivity contribution in [2.45, 2.75) is 0 Å². The van der Waals surface area contributed by atoms with Crippen molar-refractivity contribution in [2.24, 2.45) is 0 Å². The molecule has 0 fully saturated rings. The molecule has 3 aromatic rings. The minimum atomic E-state index is -0.0926. The molecule has 0 bridgehead atoms. The molecule has 2 N–H and O–H groups in total. The van der Waals surface area contributed by atoms with Gasteiger partial charge >= 0.3 is 0 Å². The Labute approximate surface area is 122 Å². The molecule has 0 aliphatic rings. The number of anilines is 1.